The number of rotatable bonds is 7. The lowest BCUT2D eigenvalue weighted by atomic mass is 9.77. The molecular formula is C33H31N3O. The quantitative estimate of drug-likeness (QED) is 0.223. The van der Waals surface area contributed by atoms with Crippen molar-refractivity contribution in [2.75, 3.05) is 0 Å². The van der Waals surface area contributed by atoms with Gasteiger partial charge in [-0.3, -0.25) is 0 Å². The van der Waals surface area contributed by atoms with E-state index < -0.39 is 5.54 Å². The maximum absolute atomic E-state index is 6.54. The van der Waals surface area contributed by atoms with Gasteiger partial charge >= 0.3 is 0 Å². The molecule has 1 fully saturated rings. The predicted octanol–water partition coefficient (Wildman–Crippen LogP) is 7.63. The molecule has 37 heavy (non-hydrogen) atoms. The van der Waals surface area contributed by atoms with Gasteiger partial charge in [0.2, 0.25) is 5.88 Å². The van der Waals surface area contributed by atoms with Gasteiger partial charge in [0, 0.05) is 6.20 Å². The van der Waals surface area contributed by atoms with Crippen molar-refractivity contribution < 1.29 is 4.74 Å². The van der Waals surface area contributed by atoms with Crippen LogP contribution in [0.4, 0.5) is 0 Å². The first-order valence-corrected chi connectivity index (χ1v) is 13.2. The Morgan fingerprint density at radius 3 is 1.81 bits per heavy atom. The Kier molecular flexibility index (Phi) is 6.32. The van der Waals surface area contributed by atoms with Crippen LogP contribution in [0.25, 0.3) is 17.0 Å². The summed E-state index contributed by atoms with van der Waals surface area (Å²) in [6, 6.07) is 33.9. The molecule has 0 amide bonds. The third-order valence-corrected chi connectivity index (χ3v) is 7.50. The van der Waals surface area contributed by atoms with Crippen LogP contribution in [-0.4, -0.2) is 20.9 Å². The lowest BCUT2D eigenvalue weighted by Crippen LogP contribution is -2.38. The van der Waals surface area contributed by atoms with E-state index in [1.807, 2.05) is 18.3 Å². The second-order valence-corrected chi connectivity index (χ2v) is 9.70. The minimum absolute atomic E-state index is 0.190. The topological polar surface area (TPSA) is 39.9 Å². The number of ether oxygens (including phenoxy) is 1. The molecule has 6 rings (SSSR count). The molecule has 4 heteroatoms. The second-order valence-electron chi connectivity index (χ2n) is 9.70. The van der Waals surface area contributed by atoms with Crippen LogP contribution in [0.2, 0.25) is 0 Å². The molecule has 4 nitrogen and oxygen atoms in total. The first-order chi connectivity index (χ1) is 18.3. The third-order valence-electron chi connectivity index (χ3n) is 7.50. The zero-order valence-electron chi connectivity index (χ0n) is 21.0. The Bertz CT molecular complexity index is 1390. The normalized spacial score (nSPS) is 14.5. The lowest BCUT2D eigenvalue weighted by Gasteiger charge is -2.37. The van der Waals surface area contributed by atoms with E-state index in [2.05, 4.69) is 102 Å². The standard InChI is InChI=1S/C33H31N3O/c1-2-29-31-30(23-24-34-32(31)37-28-21-13-6-14-22-28)36(35-29)33(25-15-7-3-8-16-25,26-17-9-4-10-18-26)27-19-11-5-12-20-27/h2-5,7-12,15-20,23-24,28H,1,6,13-14,21-22H2. The van der Waals surface area contributed by atoms with Crippen LogP contribution in [0.3, 0.4) is 0 Å². The Morgan fingerprint density at radius 1 is 0.757 bits per heavy atom. The molecule has 0 spiro atoms. The van der Waals surface area contributed by atoms with E-state index in [0.29, 0.717) is 5.88 Å². The van der Waals surface area contributed by atoms with Crippen molar-refractivity contribution in [3.8, 4) is 5.88 Å². The fourth-order valence-corrected chi connectivity index (χ4v) is 5.80. The summed E-state index contributed by atoms with van der Waals surface area (Å²) in [6.45, 7) is 4.12. The highest BCUT2D eigenvalue weighted by molar-refractivity contribution is 5.91. The molecule has 0 saturated heterocycles. The number of hydrogen-bond acceptors (Lipinski definition) is 3. The summed E-state index contributed by atoms with van der Waals surface area (Å²) in [5.41, 5.74) is 4.40. The molecule has 0 radical (unpaired) electrons. The van der Waals surface area contributed by atoms with E-state index >= 15 is 0 Å². The minimum Gasteiger partial charge on any atom is -0.474 e. The molecule has 1 saturated carbocycles. The summed E-state index contributed by atoms with van der Waals surface area (Å²) < 4.78 is 8.69. The highest BCUT2D eigenvalue weighted by Crippen LogP contribution is 2.44. The van der Waals surface area contributed by atoms with Crippen molar-refractivity contribution in [3.05, 3.63) is 132 Å². The molecule has 0 bridgehead atoms. The van der Waals surface area contributed by atoms with Gasteiger partial charge in [0.15, 0.2) is 0 Å². The van der Waals surface area contributed by atoms with Gasteiger partial charge in [0.05, 0.1) is 16.6 Å². The molecule has 2 aromatic heterocycles. The molecule has 184 valence electrons. The average Bonchev–Trinajstić information content (AvgIpc) is 3.36. The van der Waals surface area contributed by atoms with Gasteiger partial charge in [0.1, 0.15) is 11.6 Å². The molecule has 0 N–H and O–H groups in total. The SMILES string of the molecule is C=Cc1nn(C(c2ccccc2)(c2ccccc2)c2ccccc2)c2ccnc(OC3CCCCC3)c12. The lowest BCUT2D eigenvalue weighted by molar-refractivity contribution is 0.151. The van der Waals surface area contributed by atoms with Gasteiger partial charge in [-0.25, -0.2) is 9.67 Å². The van der Waals surface area contributed by atoms with Gasteiger partial charge in [-0.15, -0.1) is 0 Å². The van der Waals surface area contributed by atoms with Crippen LogP contribution in [0.5, 0.6) is 5.88 Å². The maximum Gasteiger partial charge on any atom is 0.225 e. The Morgan fingerprint density at radius 2 is 1.30 bits per heavy atom. The number of hydrogen-bond donors (Lipinski definition) is 0. The first kappa shape index (κ1) is 23.2. The Balaban J connectivity index is 1.67. The van der Waals surface area contributed by atoms with Crippen molar-refractivity contribution in [2.24, 2.45) is 0 Å². The van der Waals surface area contributed by atoms with Crippen molar-refractivity contribution in [1.82, 2.24) is 14.8 Å². The second kappa shape index (κ2) is 10.1. The summed E-state index contributed by atoms with van der Waals surface area (Å²) in [4.78, 5) is 4.70. The minimum atomic E-state index is -0.716. The van der Waals surface area contributed by atoms with Crippen LogP contribution in [-0.2, 0) is 5.54 Å². The van der Waals surface area contributed by atoms with E-state index in [1.54, 1.807) is 0 Å². The molecule has 0 atom stereocenters. The van der Waals surface area contributed by atoms with E-state index in [4.69, 9.17) is 14.8 Å². The zero-order chi connectivity index (χ0) is 25.1. The van der Waals surface area contributed by atoms with Crippen molar-refractivity contribution in [1.29, 1.82) is 0 Å². The van der Waals surface area contributed by atoms with Crippen molar-refractivity contribution in [3.63, 3.8) is 0 Å². The molecule has 0 unspecified atom stereocenters. The van der Waals surface area contributed by atoms with Crippen LogP contribution in [0, 0.1) is 0 Å². The van der Waals surface area contributed by atoms with Gasteiger partial charge in [-0.1, -0.05) is 104 Å². The van der Waals surface area contributed by atoms with Gasteiger partial charge < -0.3 is 4.74 Å². The summed E-state index contributed by atoms with van der Waals surface area (Å²) in [7, 11) is 0. The van der Waals surface area contributed by atoms with Crippen LogP contribution in [0.1, 0.15) is 54.5 Å². The fourth-order valence-electron chi connectivity index (χ4n) is 5.80. The molecular weight excluding hydrogens is 454 g/mol. The molecule has 3 aromatic carbocycles. The van der Waals surface area contributed by atoms with Gasteiger partial charge in [-0.05, 0) is 54.5 Å². The molecule has 1 aliphatic carbocycles. The maximum atomic E-state index is 6.54. The van der Waals surface area contributed by atoms with E-state index in [1.165, 1.54) is 19.3 Å². The van der Waals surface area contributed by atoms with Gasteiger partial charge in [0.25, 0.3) is 0 Å². The van der Waals surface area contributed by atoms with Crippen LogP contribution in [0.15, 0.2) is 110 Å². The molecule has 1 aliphatic rings. The summed E-state index contributed by atoms with van der Waals surface area (Å²) in [5.74, 6) is 0.647. The number of nitrogens with zero attached hydrogens (tertiary/aromatic N) is 3. The number of benzene rings is 3. The number of fused-ring (bicyclic) bond motifs is 1. The van der Waals surface area contributed by atoms with E-state index in [9.17, 15) is 0 Å². The smallest absolute Gasteiger partial charge is 0.225 e. The molecule has 5 aromatic rings. The Labute approximate surface area is 218 Å². The predicted molar refractivity (Wildman–Crippen MR) is 150 cm³/mol. The third kappa shape index (κ3) is 4.03. The molecule has 0 aliphatic heterocycles. The zero-order valence-corrected chi connectivity index (χ0v) is 21.0. The van der Waals surface area contributed by atoms with E-state index in [-0.39, 0.29) is 6.10 Å². The summed E-state index contributed by atoms with van der Waals surface area (Å²) in [6.07, 6.45) is 9.67. The highest BCUT2D eigenvalue weighted by atomic mass is 16.5. The summed E-state index contributed by atoms with van der Waals surface area (Å²) in [5, 5.41) is 6.15. The van der Waals surface area contributed by atoms with Crippen molar-refractivity contribution >= 4 is 17.0 Å². The number of pyridine rings is 1. The largest absolute Gasteiger partial charge is 0.474 e. The van der Waals surface area contributed by atoms with Crippen LogP contribution >= 0.6 is 0 Å². The highest BCUT2D eigenvalue weighted by Gasteiger charge is 2.41. The average molecular weight is 486 g/mol. The van der Waals surface area contributed by atoms with Crippen LogP contribution < -0.4 is 4.74 Å². The Hall–Kier alpha value is -4.18. The number of aromatic nitrogens is 3. The van der Waals surface area contributed by atoms with Crippen molar-refractivity contribution in [2.45, 2.75) is 43.7 Å². The van der Waals surface area contributed by atoms with Gasteiger partial charge in [-0.2, -0.15) is 5.10 Å². The first-order valence-electron chi connectivity index (χ1n) is 13.2. The monoisotopic (exact) mass is 485 g/mol. The molecule has 2 heterocycles. The fraction of sp³-hybridized carbons (Fsp3) is 0.212. The summed E-state index contributed by atoms with van der Waals surface area (Å²) >= 11 is 0. The van der Waals surface area contributed by atoms with E-state index in [0.717, 1.165) is 46.1 Å².